The summed E-state index contributed by atoms with van der Waals surface area (Å²) in [5.74, 6) is 3.49. The van der Waals surface area contributed by atoms with Crippen LogP contribution in [-0.4, -0.2) is 22.7 Å². The average Bonchev–Trinajstić information content (AvgIpc) is 2.85. The first-order chi connectivity index (χ1) is 7.38. The molecule has 0 aliphatic carbocycles. The minimum Gasteiger partial charge on any atom is -0.360 e. The minimum atomic E-state index is 0.662. The van der Waals surface area contributed by atoms with Gasteiger partial charge in [0.15, 0.2) is 5.76 Å². The highest BCUT2D eigenvalue weighted by atomic mass is 32.2. The van der Waals surface area contributed by atoms with Gasteiger partial charge in [0.1, 0.15) is 0 Å². The summed E-state index contributed by atoms with van der Waals surface area (Å²) in [6.07, 6.45) is 3.42. The summed E-state index contributed by atoms with van der Waals surface area (Å²) < 4.78 is 5.26. The summed E-state index contributed by atoms with van der Waals surface area (Å²) in [5.41, 5.74) is 1.08. The molecule has 15 heavy (non-hydrogen) atoms. The molecule has 1 unspecified atom stereocenters. The number of nitrogens with zero attached hydrogens (tertiary/aromatic N) is 1. The van der Waals surface area contributed by atoms with E-state index < -0.39 is 0 Å². The number of aromatic nitrogens is 1. The van der Waals surface area contributed by atoms with E-state index in [-0.39, 0.29) is 0 Å². The second kappa shape index (κ2) is 5.56. The minimum absolute atomic E-state index is 0.662. The van der Waals surface area contributed by atoms with Crippen molar-refractivity contribution in [1.29, 1.82) is 0 Å². The molecule has 84 valence electrons. The van der Waals surface area contributed by atoms with Gasteiger partial charge in [-0.25, -0.2) is 0 Å². The lowest BCUT2D eigenvalue weighted by Gasteiger charge is -2.08. The fourth-order valence-electron chi connectivity index (χ4n) is 1.75. The number of thioether (sulfide) groups is 1. The monoisotopic (exact) mass is 226 g/mol. The molecule has 3 nitrogen and oxygen atoms in total. The lowest BCUT2D eigenvalue weighted by Crippen LogP contribution is -2.27. The number of aryl methyl sites for hydroxylation is 1. The van der Waals surface area contributed by atoms with Gasteiger partial charge >= 0.3 is 0 Å². The van der Waals surface area contributed by atoms with Crippen LogP contribution in [0.5, 0.6) is 0 Å². The molecular weight excluding hydrogens is 208 g/mol. The van der Waals surface area contributed by atoms with Gasteiger partial charge in [-0.2, -0.15) is 11.8 Å². The van der Waals surface area contributed by atoms with Crippen molar-refractivity contribution in [2.24, 2.45) is 0 Å². The smallest absolute Gasteiger partial charge is 0.150 e. The fourth-order valence-corrected chi connectivity index (χ4v) is 2.94. The lowest BCUT2D eigenvalue weighted by atomic mass is 10.2. The Balaban J connectivity index is 1.77. The maximum Gasteiger partial charge on any atom is 0.150 e. The summed E-state index contributed by atoms with van der Waals surface area (Å²) in [7, 11) is 0. The van der Waals surface area contributed by atoms with Crippen molar-refractivity contribution in [3.05, 3.63) is 17.5 Å². The van der Waals surface area contributed by atoms with E-state index in [1.807, 2.05) is 11.8 Å². The van der Waals surface area contributed by atoms with Gasteiger partial charge in [0.2, 0.25) is 0 Å². The van der Waals surface area contributed by atoms with Crippen molar-refractivity contribution in [3.8, 4) is 0 Å². The zero-order valence-corrected chi connectivity index (χ0v) is 9.98. The van der Waals surface area contributed by atoms with Crippen LogP contribution in [0, 0.1) is 0 Å². The maximum absolute atomic E-state index is 5.26. The molecule has 0 spiro atoms. The molecule has 1 fully saturated rings. The molecule has 0 amide bonds. The highest BCUT2D eigenvalue weighted by molar-refractivity contribution is 7.99. The van der Waals surface area contributed by atoms with Crippen LogP contribution in [0.15, 0.2) is 10.6 Å². The third kappa shape index (κ3) is 3.24. The molecule has 1 aliphatic rings. The molecule has 0 bridgehead atoms. The number of hydrogen-bond acceptors (Lipinski definition) is 4. The summed E-state index contributed by atoms with van der Waals surface area (Å²) >= 11 is 2.02. The first-order valence-electron chi connectivity index (χ1n) is 5.64. The van der Waals surface area contributed by atoms with Crippen molar-refractivity contribution in [3.63, 3.8) is 0 Å². The summed E-state index contributed by atoms with van der Waals surface area (Å²) in [5, 5.41) is 7.53. The van der Waals surface area contributed by atoms with Crippen LogP contribution in [0.25, 0.3) is 0 Å². The Labute approximate surface area is 95.0 Å². The molecule has 1 saturated heterocycles. The summed E-state index contributed by atoms with van der Waals surface area (Å²) in [4.78, 5) is 0. The SMILES string of the molecule is CCCc1cc(CNC2CCSC2)on1. The molecule has 0 aromatic carbocycles. The second-order valence-corrected chi connectivity index (χ2v) is 5.13. The molecular formula is C11H18N2OS. The Morgan fingerprint density at radius 3 is 3.33 bits per heavy atom. The lowest BCUT2D eigenvalue weighted by molar-refractivity contribution is 0.361. The summed E-state index contributed by atoms with van der Waals surface area (Å²) in [6, 6.07) is 2.73. The highest BCUT2D eigenvalue weighted by Gasteiger charge is 2.15. The van der Waals surface area contributed by atoms with E-state index in [1.165, 1.54) is 17.9 Å². The molecule has 2 heterocycles. The first kappa shape index (κ1) is 11.0. The van der Waals surface area contributed by atoms with Gasteiger partial charge in [-0.1, -0.05) is 18.5 Å². The van der Waals surface area contributed by atoms with Crippen LogP contribution in [0.2, 0.25) is 0 Å². The highest BCUT2D eigenvalue weighted by Crippen LogP contribution is 2.17. The quantitative estimate of drug-likeness (QED) is 0.835. The molecule has 4 heteroatoms. The van der Waals surface area contributed by atoms with Crippen LogP contribution >= 0.6 is 11.8 Å². The van der Waals surface area contributed by atoms with Gasteiger partial charge in [-0.05, 0) is 18.6 Å². The zero-order valence-electron chi connectivity index (χ0n) is 9.16. The van der Waals surface area contributed by atoms with Crippen LogP contribution in [-0.2, 0) is 13.0 Å². The van der Waals surface area contributed by atoms with Crippen molar-refractivity contribution in [2.75, 3.05) is 11.5 Å². The second-order valence-electron chi connectivity index (χ2n) is 3.98. The van der Waals surface area contributed by atoms with E-state index in [1.54, 1.807) is 0 Å². The van der Waals surface area contributed by atoms with E-state index >= 15 is 0 Å². The van der Waals surface area contributed by atoms with Gasteiger partial charge in [0.05, 0.1) is 12.2 Å². The van der Waals surface area contributed by atoms with E-state index in [9.17, 15) is 0 Å². The predicted octanol–water partition coefficient (Wildman–Crippen LogP) is 2.22. The molecule has 2 rings (SSSR count). The zero-order chi connectivity index (χ0) is 10.5. The van der Waals surface area contributed by atoms with E-state index in [0.29, 0.717) is 6.04 Å². The Morgan fingerprint density at radius 2 is 2.60 bits per heavy atom. The van der Waals surface area contributed by atoms with E-state index in [0.717, 1.165) is 30.8 Å². The molecule has 1 atom stereocenters. The Kier molecular flexibility index (Phi) is 4.09. The van der Waals surface area contributed by atoms with E-state index in [4.69, 9.17) is 4.52 Å². The Bertz CT molecular complexity index is 295. The van der Waals surface area contributed by atoms with E-state index in [2.05, 4.69) is 23.5 Å². The molecule has 1 aromatic heterocycles. The van der Waals surface area contributed by atoms with Crippen molar-refractivity contribution >= 4 is 11.8 Å². The predicted molar refractivity (Wildman–Crippen MR) is 63.1 cm³/mol. The van der Waals surface area contributed by atoms with Gasteiger partial charge in [0.25, 0.3) is 0 Å². The molecule has 1 aliphatic heterocycles. The van der Waals surface area contributed by atoms with Gasteiger partial charge in [-0.3, -0.25) is 0 Å². The Hall–Kier alpha value is -0.480. The van der Waals surface area contributed by atoms with Gasteiger partial charge in [-0.15, -0.1) is 0 Å². The van der Waals surface area contributed by atoms with Gasteiger partial charge in [0, 0.05) is 17.9 Å². The normalized spacial score (nSPS) is 21.0. The topological polar surface area (TPSA) is 38.1 Å². The van der Waals surface area contributed by atoms with Crippen molar-refractivity contribution in [2.45, 2.75) is 38.8 Å². The standard InChI is InChI=1S/C11H18N2OS/c1-2-3-9-6-11(14-13-9)7-12-10-4-5-15-8-10/h6,10,12H,2-5,7-8H2,1H3. The fraction of sp³-hybridized carbons (Fsp3) is 0.727. The number of hydrogen-bond donors (Lipinski definition) is 1. The van der Waals surface area contributed by atoms with Crippen LogP contribution in [0.4, 0.5) is 0 Å². The average molecular weight is 226 g/mol. The van der Waals surface area contributed by atoms with Crippen LogP contribution in [0.3, 0.4) is 0 Å². The third-order valence-corrected chi connectivity index (χ3v) is 3.77. The van der Waals surface area contributed by atoms with Crippen molar-refractivity contribution in [1.82, 2.24) is 10.5 Å². The Morgan fingerprint density at radius 1 is 1.67 bits per heavy atom. The maximum atomic E-state index is 5.26. The largest absolute Gasteiger partial charge is 0.360 e. The first-order valence-corrected chi connectivity index (χ1v) is 6.79. The third-order valence-electron chi connectivity index (χ3n) is 2.61. The van der Waals surface area contributed by atoms with Crippen LogP contribution < -0.4 is 5.32 Å². The number of nitrogens with one attached hydrogen (secondary N) is 1. The number of rotatable bonds is 5. The van der Waals surface area contributed by atoms with Crippen LogP contribution in [0.1, 0.15) is 31.2 Å². The molecule has 0 saturated carbocycles. The van der Waals surface area contributed by atoms with Gasteiger partial charge < -0.3 is 9.84 Å². The molecule has 1 aromatic rings. The van der Waals surface area contributed by atoms with Crippen molar-refractivity contribution < 1.29 is 4.52 Å². The summed E-state index contributed by atoms with van der Waals surface area (Å²) in [6.45, 7) is 2.98. The molecule has 1 N–H and O–H groups in total. The molecule has 0 radical (unpaired) electrons.